The highest BCUT2D eigenvalue weighted by Gasteiger charge is 2.25. The van der Waals surface area contributed by atoms with E-state index in [0.717, 1.165) is 12.1 Å². The third kappa shape index (κ3) is 3.32. The minimum Gasteiger partial charge on any atom is -0.478 e. The summed E-state index contributed by atoms with van der Waals surface area (Å²) in [6.45, 7) is 2.49. The lowest BCUT2D eigenvalue weighted by atomic mass is 9.94. The first-order valence-electron chi connectivity index (χ1n) is 5.66. The van der Waals surface area contributed by atoms with Crippen molar-refractivity contribution in [2.75, 3.05) is 0 Å². The van der Waals surface area contributed by atoms with Gasteiger partial charge in [0.25, 0.3) is 0 Å². The van der Waals surface area contributed by atoms with E-state index in [1.807, 2.05) is 0 Å². The zero-order valence-corrected chi connectivity index (χ0v) is 10.8. The molecule has 0 aliphatic rings. The number of nitrogens with zero attached hydrogens (tertiary/aromatic N) is 1. The molecule has 0 aliphatic carbocycles. The zero-order valence-electron chi connectivity index (χ0n) is 10.8. The summed E-state index contributed by atoms with van der Waals surface area (Å²) in [6.07, 6.45) is -2.66. The molecule has 3 N–H and O–H groups in total. The van der Waals surface area contributed by atoms with E-state index in [9.17, 15) is 14.7 Å². The number of benzene rings is 1. The molecule has 7 heteroatoms. The van der Waals surface area contributed by atoms with Crippen LogP contribution in [0.1, 0.15) is 51.8 Å². The van der Waals surface area contributed by atoms with Crippen LogP contribution >= 0.6 is 0 Å². The molecule has 0 aromatic heterocycles. The number of nitriles is 1. The molecule has 0 heterocycles. The van der Waals surface area contributed by atoms with Crippen molar-refractivity contribution in [2.45, 2.75) is 26.2 Å². The highest BCUT2D eigenvalue weighted by molar-refractivity contribution is 5.98. The number of rotatable bonds is 4. The normalized spacial score (nSPS) is 13.2. The topological polar surface area (TPSA) is 128 Å². The van der Waals surface area contributed by atoms with Gasteiger partial charge in [-0.15, -0.1) is 0 Å². The Morgan fingerprint density at radius 3 is 2.20 bits per heavy atom. The maximum atomic E-state index is 11.8. The van der Waals surface area contributed by atoms with Crippen LogP contribution < -0.4 is 0 Å². The molecule has 2 atom stereocenters. The Balaban J connectivity index is 3.55. The van der Waals surface area contributed by atoms with Crippen LogP contribution in [0.25, 0.3) is 0 Å². The molecule has 20 heavy (non-hydrogen) atoms. The second kappa shape index (κ2) is 6.14. The van der Waals surface area contributed by atoms with Gasteiger partial charge >= 0.3 is 11.9 Å². The molecule has 106 valence electrons. The average Bonchev–Trinajstić information content (AvgIpc) is 2.35. The Morgan fingerprint density at radius 1 is 1.25 bits per heavy atom. The van der Waals surface area contributed by atoms with Gasteiger partial charge in [-0.25, -0.2) is 9.59 Å². The summed E-state index contributed by atoms with van der Waals surface area (Å²) in [5.74, 6) is -2.40. The van der Waals surface area contributed by atoms with Gasteiger partial charge in [-0.2, -0.15) is 5.26 Å². The van der Waals surface area contributed by atoms with E-state index < -0.39 is 24.3 Å². The number of carbonyl (C=O) groups is 2. The van der Waals surface area contributed by atoms with Crippen LogP contribution in [-0.4, -0.2) is 33.5 Å². The number of hydrogen-bond donors (Lipinski definition) is 3. The van der Waals surface area contributed by atoms with Crippen LogP contribution in [0.3, 0.4) is 0 Å². The molecule has 0 fully saturated rings. The Kier molecular flexibility index (Phi) is 4.80. The van der Waals surface area contributed by atoms with E-state index in [2.05, 4.69) is 4.74 Å². The van der Waals surface area contributed by atoms with Crippen LogP contribution in [0.15, 0.2) is 12.1 Å². The monoisotopic (exact) mass is 279 g/mol. The molecule has 0 aliphatic heterocycles. The van der Waals surface area contributed by atoms with E-state index in [4.69, 9.17) is 15.5 Å². The largest absolute Gasteiger partial charge is 0.478 e. The third-order valence-corrected chi connectivity index (χ3v) is 2.45. The van der Waals surface area contributed by atoms with Gasteiger partial charge in [0.2, 0.25) is 0 Å². The molecule has 0 radical (unpaired) electrons. The summed E-state index contributed by atoms with van der Waals surface area (Å²) >= 11 is 0. The molecule has 0 spiro atoms. The molecule has 0 bridgehead atoms. The number of esters is 1. The van der Waals surface area contributed by atoms with Gasteiger partial charge in [0.15, 0.2) is 6.29 Å². The Hall–Kier alpha value is -2.43. The van der Waals surface area contributed by atoms with Crippen LogP contribution in [0.4, 0.5) is 0 Å². The number of aliphatic hydroxyl groups is 2. The molecule has 2 unspecified atom stereocenters. The Morgan fingerprint density at radius 2 is 1.80 bits per heavy atom. The predicted molar refractivity (Wildman–Crippen MR) is 65.8 cm³/mol. The number of aliphatic hydroxyl groups excluding tert-OH is 2. The summed E-state index contributed by atoms with van der Waals surface area (Å²) < 4.78 is 4.56. The summed E-state index contributed by atoms with van der Waals surface area (Å²) in [5, 5.41) is 36.7. The standard InChI is InChI=1S/C13H13NO6/c1-6(15)11-9(12(17)18)3-8(5-14)4-10(11)13(19)20-7(2)16/h3-4,6-7,15-16H,1-2H3,(H,17,18). The number of hydrogen-bond acceptors (Lipinski definition) is 6. The first kappa shape index (κ1) is 15.6. The van der Waals surface area contributed by atoms with Gasteiger partial charge in [-0.3, -0.25) is 0 Å². The SMILES string of the molecule is CC(O)OC(=O)c1cc(C#N)cc(C(=O)O)c1C(C)O. The van der Waals surface area contributed by atoms with Crippen molar-refractivity contribution in [2.24, 2.45) is 0 Å². The molecule has 0 amide bonds. The highest BCUT2D eigenvalue weighted by Crippen LogP contribution is 2.25. The quantitative estimate of drug-likeness (QED) is 0.549. The highest BCUT2D eigenvalue weighted by atomic mass is 16.6. The lowest BCUT2D eigenvalue weighted by molar-refractivity contribution is -0.0525. The molecule has 1 aromatic carbocycles. The van der Waals surface area contributed by atoms with E-state index in [1.165, 1.54) is 13.8 Å². The lowest BCUT2D eigenvalue weighted by Crippen LogP contribution is -2.19. The van der Waals surface area contributed by atoms with Crippen molar-refractivity contribution in [3.63, 3.8) is 0 Å². The number of aromatic carboxylic acids is 1. The first-order valence-corrected chi connectivity index (χ1v) is 5.66. The van der Waals surface area contributed by atoms with Gasteiger partial charge in [0, 0.05) is 5.56 Å². The summed E-state index contributed by atoms with van der Waals surface area (Å²) in [6, 6.07) is 3.89. The Labute approximate surface area is 114 Å². The van der Waals surface area contributed by atoms with Crippen molar-refractivity contribution >= 4 is 11.9 Å². The Bertz CT molecular complexity index is 585. The lowest BCUT2D eigenvalue weighted by Gasteiger charge is -2.15. The maximum absolute atomic E-state index is 11.8. The zero-order chi connectivity index (χ0) is 15.4. The fourth-order valence-electron chi connectivity index (χ4n) is 1.73. The third-order valence-electron chi connectivity index (χ3n) is 2.45. The number of carboxylic acids is 1. The smallest absolute Gasteiger partial charge is 0.340 e. The van der Waals surface area contributed by atoms with Crippen LogP contribution in [0.2, 0.25) is 0 Å². The fourth-order valence-corrected chi connectivity index (χ4v) is 1.73. The molecule has 1 aromatic rings. The van der Waals surface area contributed by atoms with E-state index in [-0.39, 0.29) is 22.3 Å². The van der Waals surface area contributed by atoms with Gasteiger partial charge in [0.05, 0.1) is 28.9 Å². The van der Waals surface area contributed by atoms with Gasteiger partial charge in [-0.05, 0) is 26.0 Å². The van der Waals surface area contributed by atoms with Crippen LogP contribution in [0, 0.1) is 11.3 Å². The first-order chi connectivity index (χ1) is 9.27. The van der Waals surface area contributed by atoms with E-state index in [1.54, 1.807) is 6.07 Å². The number of carboxylic acid groups (broad SMARTS) is 1. The second-order valence-corrected chi connectivity index (χ2v) is 4.08. The molecular weight excluding hydrogens is 266 g/mol. The van der Waals surface area contributed by atoms with Crippen molar-refractivity contribution in [1.29, 1.82) is 5.26 Å². The fraction of sp³-hybridized carbons (Fsp3) is 0.308. The van der Waals surface area contributed by atoms with Gasteiger partial charge < -0.3 is 20.1 Å². The van der Waals surface area contributed by atoms with Crippen LogP contribution in [-0.2, 0) is 4.74 Å². The van der Waals surface area contributed by atoms with Gasteiger partial charge in [0.1, 0.15) is 0 Å². The molecule has 0 saturated heterocycles. The average molecular weight is 279 g/mol. The maximum Gasteiger partial charge on any atom is 0.340 e. The summed E-state index contributed by atoms with van der Waals surface area (Å²) in [7, 11) is 0. The van der Waals surface area contributed by atoms with E-state index >= 15 is 0 Å². The van der Waals surface area contributed by atoms with Crippen molar-refractivity contribution in [3.05, 3.63) is 34.4 Å². The van der Waals surface area contributed by atoms with Crippen molar-refractivity contribution in [1.82, 2.24) is 0 Å². The van der Waals surface area contributed by atoms with Crippen LogP contribution in [0.5, 0.6) is 0 Å². The van der Waals surface area contributed by atoms with Crippen molar-refractivity contribution < 1.29 is 29.6 Å². The number of carbonyl (C=O) groups excluding carboxylic acids is 1. The summed E-state index contributed by atoms with van der Waals surface area (Å²) in [5.41, 5.74) is -0.861. The molecule has 7 nitrogen and oxygen atoms in total. The number of ether oxygens (including phenoxy) is 1. The molecule has 1 rings (SSSR count). The molecule has 0 saturated carbocycles. The van der Waals surface area contributed by atoms with Crippen molar-refractivity contribution in [3.8, 4) is 6.07 Å². The van der Waals surface area contributed by atoms with E-state index in [0.29, 0.717) is 0 Å². The summed E-state index contributed by atoms with van der Waals surface area (Å²) in [4.78, 5) is 23.0. The minimum absolute atomic E-state index is 0.0654. The molecular formula is C13H13NO6. The second-order valence-electron chi connectivity index (χ2n) is 4.08. The predicted octanol–water partition coefficient (Wildman–Crippen LogP) is 0.805. The minimum atomic E-state index is -1.40. The van der Waals surface area contributed by atoms with Gasteiger partial charge in [-0.1, -0.05) is 0 Å².